The van der Waals surface area contributed by atoms with Crippen LogP contribution in [0.25, 0.3) is 0 Å². The van der Waals surface area contributed by atoms with Crippen molar-refractivity contribution < 1.29 is 19.4 Å². The minimum Gasteiger partial charge on any atom is -0.477 e. The molecular weight excluding hydrogens is 256 g/mol. The predicted molar refractivity (Wildman–Crippen MR) is 65.9 cm³/mol. The third kappa shape index (κ3) is 3.26. The minimum atomic E-state index is -0.937. The van der Waals surface area contributed by atoms with Crippen LogP contribution in [0, 0.1) is 0 Å². The first-order valence-electron chi connectivity index (χ1n) is 5.71. The lowest BCUT2D eigenvalue weighted by atomic mass is 10.4. The molecule has 7 heteroatoms. The van der Waals surface area contributed by atoms with Gasteiger partial charge in [0.25, 0.3) is 0 Å². The summed E-state index contributed by atoms with van der Waals surface area (Å²) in [6.07, 6.45) is 0. The van der Waals surface area contributed by atoms with Crippen molar-refractivity contribution in [2.45, 2.75) is 13.2 Å². The molecule has 0 amide bonds. The Labute approximate surface area is 109 Å². The van der Waals surface area contributed by atoms with Crippen molar-refractivity contribution in [3.05, 3.63) is 15.6 Å². The van der Waals surface area contributed by atoms with Gasteiger partial charge in [-0.25, -0.2) is 9.78 Å². The van der Waals surface area contributed by atoms with Crippen LogP contribution in [0.15, 0.2) is 0 Å². The number of ether oxygens (including phenoxy) is 2. The second-order valence-electron chi connectivity index (χ2n) is 4.01. The fourth-order valence-electron chi connectivity index (χ4n) is 1.82. The second kappa shape index (κ2) is 6.24. The highest BCUT2D eigenvalue weighted by molar-refractivity contribution is 7.13. The molecule has 0 radical (unpaired) electrons. The molecule has 1 aliphatic heterocycles. The maximum atomic E-state index is 11.1. The van der Waals surface area contributed by atoms with Gasteiger partial charge < -0.3 is 14.6 Å². The van der Waals surface area contributed by atoms with Crippen molar-refractivity contribution in [2.24, 2.45) is 0 Å². The summed E-state index contributed by atoms with van der Waals surface area (Å²) in [5.41, 5.74) is 0.512. The number of carbonyl (C=O) groups is 1. The number of rotatable bonds is 5. The highest BCUT2D eigenvalue weighted by atomic mass is 32.1. The highest BCUT2D eigenvalue weighted by Gasteiger charge is 2.19. The minimum absolute atomic E-state index is 0.237. The van der Waals surface area contributed by atoms with Gasteiger partial charge >= 0.3 is 5.97 Å². The van der Waals surface area contributed by atoms with Crippen LogP contribution < -0.4 is 0 Å². The van der Waals surface area contributed by atoms with Crippen LogP contribution in [0.5, 0.6) is 0 Å². The lowest BCUT2D eigenvalue weighted by Crippen LogP contribution is -2.35. The van der Waals surface area contributed by atoms with E-state index in [1.165, 1.54) is 18.4 Å². The average Bonchev–Trinajstić information content (AvgIpc) is 2.74. The molecule has 0 saturated carbocycles. The van der Waals surface area contributed by atoms with E-state index in [1.54, 1.807) is 0 Å². The third-order valence-electron chi connectivity index (χ3n) is 2.68. The van der Waals surface area contributed by atoms with Crippen molar-refractivity contribution in [2.75, 3.05) is 33.4 Å². The molecule has 18 heavy (non-hydrogen) atoms. The largest absolute Gasteiger partial charge is 0.477 e. The Hall–Kier alpha value is -1.02. The summed E-state index contributed by atoms with van der Waals surface area (Å²) < 4.78 is 10.2. The van der Waals surface area contributed by atoms with E-state index in [1.807, 2.05) is 0 Å². The molecule has 100 valence electrons. The Morgan fingerprint density at radius 2 is 2.28 bits per heavy atom. The number of methoxy groups -OCH3 is 1. The lowest BCUT2D eigenvalue weighted by Gasteiger charge is -2.25. The van der Waals surface area contributed by atoms with E-state index in [4.69, 9.17) is 14.6 Å². The smallest absolute Gasteiger partial charge is 0.347 e. The molecular formula is C11H16N2O4S. The first-order valence-corrected chi connectivity index (χ1v) is 6.53. The van der Waals surface area contributed by atoms with Gasteiger partial charge in [0, 0.05) is 20.2 Å². The molecule has 1 aromatic heterocycles. The maximum absolute atomic E-state index is 11.1. The van der Waals surface area contributed by atoms with Gasteiger partial charge in [-0.2, -0.15) is 0 Å². The van der Waals surface area contributed by atoms with E-state index in [-0.39, 0.29) is 11.5 Å². The normalized spacial score (nSPS) is 16.9. The van der Waals surface area contributed by atoms with E-state index in [0.29, 0.717) is 12.2 Å². The van der Waals surface area contributed by atoms with Gasteiger partial charge in [-0.15, -0.1) is 11.3 Å². The monoisotopic (exact) mass is 272 g/mol. The molecule has 2 rings (SSSR count). The van der Waals surface area contributed by atoms with Gasteiger partial charge in [-0.3, -0.25) is 4.90 Å². The zero-order valence-corrected chi connectivity index (χ0v) is 11.0. The molecule has 0 aromatic carbocycles. The molecule has 1 aliphatic rings. The van der Waals surface area contributed by atoms with Crippen molar-refractivity contribution in [1.82, 2.24) is 9.88 Å². The summed E-state index contributed by atoms with van der Waals surface area (Å²) in [5.74, 6) is -0.937. The van der Waals surface area contributed by atoms with Gasteiger partial charge in [0.05, 0.1) is 32.1 Å². The molecule has 1 aromatic rings. The number of aromatic nitrogens is 1. The Bertz CT molecular complexity index is 415. The van der Waals surface area contributed by atoms with Crippen molar-refractivity contribution in [3.8, 4) is 0 Å². The number of nitrogens with zero attached hydrogens (tertiary/aromatic N) is 2. The summed E-state index contributed by atoms with van der Waals surface area (Å²) in [6.45, 7) is 4.09. The molecule has 1 fully saturated rings. The highest BCUT2D eigenvalue weighted by Crippen LogP contribution is 2.21. The topological polar surface area (TPSA) is 71.9 Å². The SMILES string of the molecule is COCc1nc(CN2CCOCC2)sc1C(=O)O. The van der Waals surface area contributed by atoms with Crippen molar-refractivity contribution >= 4 is 17.3 Å². The molecule has 0 bridgehead atoms. The van der Waals surface area contributed by atoms with Crippen molar-refractivity contribution in [1.29, 1.82) is 0 Å². The number of thiazole rings is 1. The first-order chi connectivity index (χ1) is 8.70. The molecule has 2 heterocycles. The molecule has 1 saturated heterocycles. The Morgan fingerprint density at radius 1 is 1.56 bits per heavy atom. The molecule has 0 aliphatic carbocycles. The van der Waals surface area contributed by atoms with Crippen LogP contribution in [0.1, 0.15) is 20.4 Å². The second-order valence-corrected chi connectivity index (χ2v) is 5.09. The lowest BCUT2D eigenvalue weighted by molar-refractivity contribution is 0.0341. The van der Waals surface area contributed by atoms with E-state index in [2.05, 4.69) is 9.88 Å². The van der Waals surface area contributed by atoms with E-state index in [9.17, 15) is 4.79 Å². The molecule has 0 atom stereocenters. The van der Waals surface area contributed by atoms with Gasteiger partial charge in [-0.1, -0.05) is 0 Å². The van der Waals surface area contributed by atoms with Gasteiger partial charge in [0.1, 0.15) is 9.88 Å². The summed E-state index contributed by atoms with van der Waals surface area (Å²) >= 11 is 1.23. The molecule has 6 nitrogen and oxygen atoms in total. The van der Waals surface area contributed by atoms with Crippen LogP contribution in [0.2, 0.25) is 0 Å². The third-order valence-corrected chi connectivity index (χ3v) is 3.75. The molecule has 0 spiro atoms. The van der Waals surface area contributed by atoms with Gasteiger partial charge in [0.2, 0.25) is 0 Å². The average molecular weight is 272 g/mol. The standard InChI is InChI=1S/C11H16N2O4S/c1-16-7-8-10(11(14)15)18-9(12-8)6-13-2-4-17-5-3-13/h2-7H2,1H3,(H,14,15). The Morgan fingerprint density at radius 3 is 2.89 bits per heavy atom. The Balaban J connectivity index is 2.07. The van der Waals surface area contributed by atoms with E-state index in [0.717, 1.165) is 31.3 Å². The number of carboxylic acid groups (broad SMARTS) is 1. The van der Waals surface area contributed by atoms with Crippen LogP contribution in [0.4, 0.5) is 0 Å². The van der Waals surface area contributed by atoms with Gasteiger partial charge in [-0.05, 0) is 0 Å². The van der Waals surface area contributed by atoms with Crippen LogP contribution >= 0.6 is 11.3 Å². The number of morpholine rings is 1. The molecule has 1 N–H and O–H groups in total. The zero-order valence-electron chi connectivity index (χ0n) is 10.2. The maximum Gasteiger partial charge on any atom is 0.347 e. The van der Waals surface area contributed by atoms with Crippen LogP contribution in [-0.2, 0) is 22.6 Å². The number of aromatic carboxylic acids is 1. The van der Waals surface area contributed by atoms with E-state index >= 15 is 0 Å². The summed E-state index contributed by atoms with van der Waals surface area (Å²) in [7, 11) is 1.53. The van der Waals surface area contributed by atoms with Crippen molar-refractivity contribution in [3.63, 3.8) is 0 Å². The Kier molecular flexibility index (Phi) is 4.65. The first kappa shape index (κ1) is 13.4. The molecule has 0 unspecified atom stereocenters. The van der Waals surface area contributed by atoms with Crippen LogP contribution in [0.3, 0.4) is 0 Å². The van der Waals surface area contributed by atoms with Gasteiger partial charge in [0.15, 0.2) is 0 Å². The number of hydrogen-bond acceptors (Lipinski definition) is 6. The number of carboxylic acids is 1. The predicted octanol–water partition coefficient (Wildman–Crippen LogP) is 0.820. The number of hydrogen-bond donors (Lipinski definition) is 1. The zero-order chi connectivity index (χ0) is 13.0. The quantitative estimate of drug-likeness (QED) is 0.855. The summed E-state index contributed by atoms with van der Waals surface area (Å²) in [6, 6.07) is 0. The van der Waals surface area contributed by atoms with Crippen LogP contribution in [-0.4, -0.2) is 54.4 Å². The fraction of sp³-hybridized carbons (Fsp3) is 0.636. The summed E-state index contributed by atoms with van der Waals surface area (Å²) in [5, 5.41) is 9.91. The van der Waals surface area contributed by atoms with E-state index < -0.39 is 5.97 Å². The summed E-state index contributed by atoms with van der Waals surface area (Å²) in [4.78, 5) is 17.9. The fourth-order valence-corrected chi connectivity index (χ4v) is 2.77.